The number of carbonyl (C=O) groups excluding carboxylic acids is 5. The van der Waals surface area contributed by atoms with Crippen LogP contribution in [0.15, 0.2) is 194 Å². The number of nitrogens with zero attached hydrogens (tertiary/aromatic N) is 14. The highest BCUT2D eigenvalue weighted by atomic mass is 32.2. The van der Waals surface area contributed by atoms with Crippen molar-refractivity contribution in [3.63, 3.8) is 0 Å². The SMILES string of the molecule is CC(O)c1cnc2n1C1(CC1)C(=O)N2c1c(F)cc(C#Cc2ccccc2)cc1F.CS(=O)(=O)c1cnc2n1C1(CC1)C(=O)N2c1c(F)cc(C#Cc2ccccc2)cc1F.O=C1CCN1c1cnc2n1C1(CC1)C(=O)N2c1c(F)cc(C#Cc2cccnc2)cc1F.O=C1N(c2c(F)cc(C#Cc3ccccc3)cc2F)c2ncc(CO)n2C12CC2. The predicted octanol–water partition coefficient (Wildman–Crippen LogP) is 13.0. The van der Waals surface area contributed by atoms with Gasteiger partial charge in [-0.15, -0.1) is 0 Å². The number of pyridine rings is 1. The largest absolute Gasteiger partial charge is 0.390 e. The zero-order chi connectivity index (χ0) is 85.2. The molecule has 10 heterocycles. The molecule has 608 valence electrons. The van der Waals surface area contributed by atoms with Gasteiger partial charge in [0.25, 0.3) is 23.6 Å². The highest BCUT2D eigenvalue weighted by molar-refractivity contribution is 7.90. The Labute approximate surface area is 689 Å². The van der Waals surface area contributed by atoms with Gasteiger partial charge in [0.05, 0.1) is 48.9 Å². The first-order valence-electron chi connectivity index (χ1n) is 38.3. The first kappa shape index (κ1) is 78.6. The number of aromatic nitrogens is 9. The molecule has 4 saturated carbocycles. The molecule has 5 fully saturated rings. The normalized spacial score (nSPS) is 16.8. The van der Waals surface area contributed by atoms with E-state index in [2.05, 4.69) is 72.3 Å². The Balaban J connectivity index is 0.000000111. The first-order chi connectivity index (χ1) is 58.7. The molecule has 2 N–H and O–H groups in total. The van der Waals surface area contributed by atoms with Gasteiger partial charge >= 0.3 is 0 Å². The van der Waals surface area contributed by atoms with Crippen LogP contribution >= 0.6 is 0 Å². The minimum absolute atomic E-state index is 0.0664. The maximum absolute atomic E-state index is 15.1. The number of halogens is 8. The van der Waals surface area contributed by atoms with Crippen molar-refractivity contribution in [2.24, 2.45) is 0 Å². The molecule has 1 saturated heterocycles. The molecule has 21 rings (SSSR count). The number of rotatable bonds is 8. The molecule has 5 amide bonds. The third-order valence-corrected chi connectivity index (χ3v) is 23.3. The lowest BCUT2D eigenvalue weighted by atomic mass is 10.1. The van der Waals surface area contributed by atoms with Gasteiger partial charge in [0, 0.05) is 76.1 Å². The van der Waals surface area contributed by atoms with Gasteiger partial charge in [-0.25, -0.2) is 83.1 Å². The second kappa shape index (κ2) is 29.7. The molecule has 1 unspecified atom stereocenters. The third-order valence-electron chi connectivity index (χ3n) is 22.3. The van der Waals surface area contributed by atoms with Crippen molar-refractivity contribution in [2.45, 2.75) is 105 Å². The number of β-lactam (4-membered cyclic amide) rings is 1. The van der Waals surface area contributed by atoms with Gasteiger partial charge in [0.15, 0.2) is 61.4 Å². The summed E-state index contributed by atoms with van der Waals surface area (Å²) in [6, 6.07) is 39.3. The Bertz CT molecular complexity index is 6760. The van der Waals surface area contributed by atoms with E-state index in [1.165, 1.54) is 28.1 Å². The van der Waals surface area contributed by atoms with E-state index in [-0.39, 0.29) is 63.6 Å². The van der Waals surface area contributed by atoms with Crippen LogP contribution in [0.3, 0.4) is 0 Å². The van der Waals surface area contributed by atoms with Crippen molar-refractivity contribution in [1.29, 1.82) is 0 Å². The summed E-state index contributed by atoms with van der Waals surface area (Å²) in [6.07, 6.45) is 13.1. The Hall–Kier alpha value is -14.6. The Morgan fingerprint density at radius 1 is 0.402 bits per heavy atom. The molecule has 32 heteroatoms. The van der Waals surface area contributed by atoms with Gasteiger partial charge in [0.1, 0.15) is 50.7 Å². The van der Waals surface area contributed by atoms with Crippen molar-refractivity contribution in [2.75, 3.05) is 37.3 Å². The van der Waals surface area contributed by atoms with Gasteiger partial charge in [-0.05, 0) is 155 Å². The maximum Gasteiger partial charge on any atom is 0.260 e. The van der Waals surface area contributed by atoms with E-state index in [1.54, 1.807) is 93.7 Å². The van der Waals surface area contributed by atoms with E-state index in [4.69, 9.17) is 0 Å². The van der Waals surface area contributed by atoms with Crippen molar-refractivity contribution in [3.05, 3.63) is 291 Å². The quantitative estimate of drug-likeness (QED) is 0.0814. The first-order valence-corrected chi connectivity index (χ1v) is 40.2. The van der Waals surface area contributed by atoms with E-state index >= 15 is 26.3 Å². The summed E-state index contributed by atoms with van der Waals surface area (Å²) >= 11 is 0. The average molecular weight is 1670 g/mol. The van der Waals surface area contributed by atoms with Gasteiger partial charge in [-0.1, -0.05) is 102 Å². The lowest BCUT2D eigenvalue weighted by molar-refractivity contribution is -0.123. The maximum atomic E-state index is 15.1. The molecule has 0 bridgehead atoms. The summed E-state index contributed by atoms with van der Waals surface area (Å²) < 4.78 is 151. The predicted molar refractivity (Wildman–Crippen MR) is 426 cm³/mol. The zero-order valence-corrected chi connectivity index (χ0v) is 65.0. The Kier molecular flexibility index (Phi) is 19.2. The molecule has 5 aliphatic heterocycles. The van der Waals surface area contributed by atoms with E-state index in [9.17, 15) is 51.4 Å². The van der Waals surface area contributed by atoms with E-state index in [0.29, 0.717) is 92.7 Å². The van der Waals surface area contributed by atoms with E-state index < -0.39 is 131 Å². The average Bonchev–Trinajstić information content (AvgIpc) is 1.58. The topological polar surface area (TPSA) is 260 Å². The van der Waals surface area contributed by atoms with Crippen molar-refractivity contribution in [3.8, 4) is 47.4 Å². The third kappa shape index (κ3) is 13.3. The fourth-order valence-electron chi connectivity index (χ4n) is 15.7. The molecular formula is C90H62F8N14O9S. The van der Waals surface area contributed by atoms with E-state index in [0.717, 1.165) is 91.7 Å². The number of hydrogen-bond donors (Lipinski definition) is 2. The number of sulfone groups is 1. The van der Waals surface area contributed by atoms with Crippen molar-refractivity contribution in [1.82, 2.24) is 43.2 Å². The van der Waals surface area contributed by atoms with Crippen molar-refractivity contribution >= 4 is 91.7 Å². The molecule has 23 nitrogen and oxygen atoms in total. The fraction of sp³-hybridized carbons (Fsp3) is 0.200. The lowest BCUT2D eigenvalue weighted by Crippen LogP contribution is -2.45. The number of aliphatic hydroxyl groups is 2. The molecule has 9 aliphatic rings. The summed E-state index contributed by atoms with van der Waals surface area (Å²) in [7, 11) is -3.69. The zero-order valence-electron chi connectivity index (χ0n) is 64.2. The monoisotopic (exact) mass is 1670 g/mol. The summed E-state index contributed by atoms with van der Waals surface area (Å²) in [5.74, 6) is 13.7. The van der Waals surface area contributed by atoms with Gasteiger partial charge in [0.2, 0.25) is 29.7 Å². The van der Waals surface area contributed by atoms with Gasteiger partial charge in [-0.3, -0.25) is 52.1 Å². The van der Waals surface area contributed by atoms with Crippen LogP contribution in [0, 0.1) is 93.9 Å². The van der Waals surface area contributed by atoms with Gasteiger partial charge in [-0.2, -0.15) is 0 Å². The molecule has 4 spiro atoms. The molecule has 5 aromatic heterocycles. The number of amides is 5. The Morgan fingerprint density at radius 2 is 0.721 bits per heavy atom. The Morgan fingerprint density at radius 3 is 1.07 bits per heavy atom. The summed E-state index contributed by atoms with van der Waals surface area (Å²) in [4.78, 5) is 90.3. The molecular weight excluding hydrogens is 1610 g/mol. The number of carbonyl (C=O) groups is 5. The number of fused-ring (bicyclic) bond motifs is 8. The standard InChI is InChI=1S/C23H15F2N5O2.C23H17F2N3O2.C22H15F2N3O3S.C22H15F2N3O2/c24-16-10-15(4-3-14-2-1-8-26-12-14)11-17(25)20(16)29-21(32)23(6-7-23)30-18(13-27-22(29)30)28-9-5-19(28)31;1-14(29)19-13-26-22-27(21(30)23(9-10-23)28(19)22)20-17(24)11-16(12-18(20)25)8-7-15-5-3-2-4-6-15;1-31(29,30)18-13-25-21-26(20(28)22(9-10-22)27(18)21)19-16(23)11-15(12-17(19)24)8-7-14-5-3-2-4-6-14;23-17-10-15(7-6-14-4-2-1-3-5-14)11-18(24)19(17)26-20(29)22(8-9-22)27-16(13-28)12-25-21(26)27/h1-2,8,10-13H,5-7,9H2;2-6,11-14,29H,9-10H2,1H3;2-6,11-13H,9-10H2,1H3;1-5,10-12,28H,8-9,13H2. The fourth-order valence-corrected chi connectivity index (χ4v) is 16.6. The summed E-state index contributed by atoms with van der Waals surface area (Å²) in [5.41, 5.74) is -1.72. The minimum Gasteiger partial charge on any atom is -0.390 e. The minimum atomic E-state index is -3.69. The summed E-state index contributed by atoms with van der Waals surface area (Å²) in [6.45, 7) is 1.78. The van der Waals surface area contributed by atoms with E-state index in [1.807, 2.05) is 42.5 Å². The number of benzene rings is 7. The van der Waals surface area contributed by atoms with Crippen LogP contribution < -0.4 is 24.5 Å². The van der Waals surface area contributed by atoms with Crippen LogP contribution in [0.4, 0.5) is 87.5 Å². The second-order valence-electron chi connectivity index (χ2n) is 30.3. The molecule has 122 heavy (non-hydrogen) atoms. The van der Waals surface area contributed by atoms with Crippen LogP contribution in [0.5, 0.6) is 0 Å². The van der Waals surface area contributed by atoms with Crippen LogP contribution in [-0.2, 0) is 62.6 Å². The number of anilines is 9. The highest BCUT2D eigenvalue weighted by Gasteiger charge is 2.66. The molecule has 7 aromatic carbocycles. The smallest absolute Gasteiger partial charge is 0.260 e. The van der Waals surface area contributed by atoms with Gasteiger partial charge < -0.3 is 10.2 Å². The molecule has 0 radical (unpaired) electrons. The highest BCUT2D eigenvalue weighted by Crippen LogP contribution is 2.60. The van der Waals surface area contributed by atoms with Crippen LogP contribution in [0.2, 0.25) is 0 Å². The number of aliphatic hydroxyl groups excluding tert-OH is 2. The van der Waals surface area contributed by atoms with Crippen LogP contribution in [0.25, 0.3) is 0 Å². The number of imidazole rings is 4. The van der Waals surface area contributed by atoms with Crippen molar-refractivity contribution < 1.29 is 77.7 Å². The molecule has 4 aliphatic carbocycles. The molecule has 12 aromatic rings. The van der Waals surface area contributed by atoms with Crippen LogP contribution in [-0.4, -0.2) is 104 Å². The van der Waals surface area contributed by atoms with Crippen LogP contribution in [0.1, 0.15) is 127 Å². The molecule has 1 atom stereocenters. The second-order valence-corrected chi connectivity index (χ2v) is 32.2. The number of hydrogen-bond acceptors (Lipinski definition) is 14. The lowest BCUT2D eigenvalue weighted by Gasteiger charge is -2.31. The summed E-state index contributed by atoms with van der Waals surface area (Å²) in [5, 5.41) is 19.4.